The van der Waals surface area contributed by atoms with Crippen LogP contribution in [-0.4, -0.2) is 34.1 Å². The summed E-state index contributed by atoms with van der Waals surface area (Å²) < 4.78 is 11.9. The fourth-order valence-corrected chi connectivity index (χ4v) is 2.42. The van der Waals surface area contributed by atoms with E-state index in [1.54, 1.807) is 45.9 Å². The second kappa shape index (κ2) is 6.08. The number of fused-ring (bicyclic) bond motifs is 1. The maximum atomic E-state index is 12.3. The van der Waals surface area contributed by atoms with E-state index in [2.05, 4.69) is 21.0 Å². The fraction of sp³-hybridized carbons (Fsp3) is 0.400. The molecule has 6 nitrogen and oxygen atoms in total. The molecule has 0 aliphatic heterocycles. The summed E-state index contributed by atoms with van der Waals surface area (Å²) in [7, 11) is 0. The van der Waals surface area contributed by atoms with Crippen molar-refractivity contribution in [3.8, 4) is 0 Å². The van der Waals surface area contributed by atoms with Crippen LogP contribution in [0.5, 0.6) is 0 Å². The third-order valence-electron chi connectivity index (χ3n) is 2.72. The largest absolute Gasteiger partial charge is 0.462 e. The van der Waals surface area contributed by atoms with Crippen molar-refractivity contribution in [3.05, 3.63) is 28.4 Å². The lowest BCUT2D eigenvalue weighted by Gasteiger charge is -2.19. The molecule has 1 aromatic carbocycles. The third kappa shape index (κ3) is 3.30. The zero-order valence-corrected chi connectivity index (χ0v) is 14.4. The van der Waals surface area contributed by atoms with Crippen molar-refractivity contribution in [3.63, 3.8) is 0 Å². The lowest BCUT2D eigenvalue weighted by Crippen LogP contribution is -2.28. The number of nitrogens with zero attached hydrogens (tertiary/aromatic N) is 2. The van der Waals surface area contributed by atoms with E-state index in [0.717, 1.165) is 4.68 Å². The molecule has 0 fully saturated rings. The number of halogens is 1. The highest BCUT2D eigenvalue weighted by molar-refractivity contribution is 9.10. The third-order valence-corrected chi connectivity index (χ3v) is 3.31. The van der Waals surface area contributed by atoms with Gasteiger partial charge in [0, 0.05) is 5.39 Å². The molecule has 0 N–H and O–H groups in total. The first-order valence-electron chi connectivity index (χ1n) is 6.82. The molecule has 0 atom stereocenters. The lowest BCUT2D eigenvalue weighted by molar-refractivity contribution is 0.0520. The topological polar surface area (TPSA) is 70.4 Å². The Morgan fingerprint density at radius 3 is 2.59 bits per heavy atom. The number of rotatable bonds is 2. The zero-order valence-electron chi connectivity index (χ0n) is 12.8. The molecular weight excluding hydrogens is 352 g/mol. The van der Waals surface area contributed by atoms with Crippen LogP contribution >= 0.6 is 15.9 Å². The number of esters is 1. The minimum Gasteiger partial charge on any atom is -0.462 e. The Balaban J connectivity index is 2.60. The van der Waals surface area contributed by atoms with Gasteiger partial charge < -0.3 is 9.47 Å². The monoisotopic (exact) mass is 368 g/mol. The summed E-state index contributed by atoms with van der Waals surface area (Å²) in [5.41, 5.74) is -0.0359. The van der Waals surface area contributed by atoms with Crippen LogP contribution in [0.1, 0.15) is 38.1 Å². The Kier molecular flexibility index (Phi) is 4.55. The maximum Gasteiger partial charge on any atom is 0.435 e. The van der Waals surface area contributed by atoms with Gasteiger partial charge in [0.2, 0.25) is 0 Å². The van der Waals surface area contributed by atoms with E-state index in [1.165, 1.54) is 0 Å². The fourth-order valence-electron chi connectivity index (χ4n) is 1.94. The number of hydrogen-bond acceptors (Lipinski definition) is 5. The SMILES string of the molecule is CCOC(=O)c1cccc2c(Br)nn(C(=O)OC(C)(C)C)c12. The number of ether oxygens (including phenoxy) is 2. The Hall–Kier alpha value is -1.89. The van der Waals surface area contributed by atoms with Gasteiger partial charge in [0.15, 0.2) is 0 Å². The van der Waals surface area contributed by atoms with E-state index in [4.69, 9.17) is 9.47 Å². The van der Waals surface area contributed by atoms with E-state index in [0.29, 0.717) is 15.5 Å². The predicted octanol–water partition coefficient (Wildman–Crippen LogP) is 3.76. The lowest BCUT2D eigenvalue weighted by atomic mass is 10.1. The van der Waals surface area contributed by atoms with E-state index in [-0.39, 0.29) is 12.2 Å². The zero-order chi connectivity index (χ0) is 16.5. The van der Waals surface area contributed by atoms with Gasteiger partial charge in [-0.15, -0.1) is 0 Å². The van der Waals surface area contributed by atoms with Crippen molar-refractivity contribution in [2.24, 2.45) is 0 Å². The molecular formula is C15H17BrN2O4. The predicted molar refractivity (Wildman–Crippen MR) is 85.0 cm³/mol. The summed E-state index contributed by atoms with van der Waals surface area (Å²) in [5.74, 6) is -0.509. The van der Waals surface area contributed by atoms with Crippen LogP contribution in [-0.2, 0) is 9.47 Å². The summed E-state index contributed by atoms with van der Waals surface area (Å²) in [6.07, 6.45) is -0.653. The second-order valence-electron chi connectivity index (χ2n) is 5.61. The van der Waals surface area contributed by atoms with E-state index in [1.807, 2.05) is 0 Å². The quantitative estimate of drug-likeness (QED) is 0.754. The van der Waals surface area contributed by atoms with Gasteiger partial charge in [0.1, 0.15) is 10.2 Å². The summed E-state index contributed by atoms with van der Waals surface area (Å²) in [5, 5.41) is 4.76. The molecule has 0 radical (unpaired) electrons. The van der Waals surface area contributed by atoms with Crippen molar-refractivity contribution >= 4 is 38.9 Å². The van der Waals surface area contributed by atoms with Crippen molar-refractivity contribution in [1.29, 1.82) is 0 Å². The Morgan fingerprint density at radius 1 is 1.32 bits per heavy atom. The summed E-state index contributed by atoms with van der Waals surface area (Å²) in [4.78, 5) is 24.4. The van der Waals surface area contributed by atoms with Gasteiger partial charge in [0.05, 0.1) is 17.7 Å². The highest BCUT2D eigenvalue weighted by Crippen LogP contribution is 2.27. The highest BCUT2D eigenvalue weighted by Gasteiger charge is 2.25. The average molecular weight is 369 g/mol. The van der Waals surface area contributed by atoms with Gasteiger partial charge in [-0.2, -0.15) is 9.78 Å². The van der Waals surface area contributed by atoms with Crippen molar-refractivity contribution in [2.75, 3.05) is 6.61 Å². The van der Waals surface area contributed by atoms with Crippen LogP contribution in [0.3, 0.4) is 0 Å². The smallest absolute Gasteiger partial charge is 0.435 e. The molecule has 22 heavy (non-hydrogen) atoms. The van der Waals surface area contributed by atoms with Gasteiger partial charge in [-0.05, 0) is 55.8 Å². The Labute approximate surface area is 136 Å². The molecule has 0 aliphatic rings. The molecule has 2 aromatic rings. The average Bonchev–Trinajstić information content (AvgIpc) is 2.75. The van der Waals surface area contributed by atoms with Gasteiger partial charge in [-0.1, -0.05) is 6.07 Å². The van der Waals surface area contributed by atoms with Gasteiger partial charge in [-0.3, -0.25) is 0 Å². The minimum absolute atomic E-state index is 0.247. The normalized spacial score (nSPS) is 11.5. The molecule has 0 bridgehead atoms. The Bertz CT molecular complexity index is 731. The first-order chi connectivity index (χ1) is 10.2. The molecule has 118 valence electrons. The number of aromatic nitrogens is 2. The molecule has 0 saturated carbocycles. The first kappa shape index (κ1) is 16.5. The maximum absolute atomic E-state index is 12.3. The molecule has 0 saturated heterocycles. The number of carbonyl (C=O) groups is 2. The van der Waals surface area contributed by atoms with E-state index >= 15 is 0 Å². The second-order valence-corrected chi connectivity index (χ2v) is 6.36. The first-order valence-corrected chi connectivity index (χ1v) is 7.61. The number of benzene rings is 1. The Morgan fingerprint density at radius 2 is 2.00 bits per heavy atom. The number of carbonyl (C=O) groups excluding carboxylic acids is 2. The highest BCUT2D eigenvalue weighted by atomic mass is 79.9. The minimum atomic E-state index is -0.666. The van der Waals surface area contributed by atoms with E-state index in [9.17, 15) is 9.59 Å². The van der Waals surface area contributed by atoms with Crippen LogP contribution in [0.25, 0.3) is 10.9 Å². The number of para-hydroxylation sites is 1. The molecule has 2 rings (SSSR count). The van der Waals surface area contributed by atoms with E-state index < -0.39 is 17.7 Å². The summed E-state index contributed by atoms with van der Waals surface area (Å²) in [6.45, 7) is 7.25. The van der Waals surface area contributed by atoms with Gasteiger partial charge >= 0.3 is 12.1 Å². The summed E-state index contributed by atoms with van der Waals surface area (Å²) >= 11 is 3.30. The van der Waals surface area contributed by atoms with Crippen LogP contribution in [0.15, 0.2) is 22.8 Å². The molecule has 0 spiro atoms. The molecule has 0 aliphatic carbocycles. The molecule has 7 heteroatoms. The van der Waals surface area contributed by atoms with Crippen LogP contribution in [0, 0.1) is 0 Å². The molecule has 0 amide bonds. The standard InChI is InChI=1S/C15H17BrN2O4/c1-5-21-13(19)10-8-6-7-9-11(10)18(17-12(9)16)14(20)22-15(2,3)4/h6-8H,5H2,1-4H3. The van der Waals surface area contributed by atoms with Crippen molar-refractivity contribution in [2.45, 2.75) is 33.3 Å². The van der Waals surface area contributed by atoms with Crippen LogP contribution < -0.4 is 0 Å². The van der Waals surface area contributed by atoms with Crippen LogP contribution in [0.2, 0.25) is 0 Å². The van der Waals surface area contributed by atoms with Gasteiger partial charge in [0.25, 0.3) is 0 Å². The van der Waals surface area contributed by atoms with Crippen LogP contribution in [0.4, 0.5) is 4.79 Å². The molecule has 1 aromatic heterocycles. The van der Waals surface area contributed by atoms with Gasteiger partial charge in [-0.25, -0.2) is 9.59 Å². The van der Waals surface area contributed by atoms with Crippen molar-refractivity contribution in [1.82, 2.24) is 9.78 Å². The molecule has 0 unspecified atom stereocenters. The number of hydrogen-bond donors (Lipinski definition) is 0. The molecule has 1 heterocycles. The summed E-state index contributed by atoms with van der Waals surface area (Å²) in [6, 6.07) is 5.06. The van der Waals surface area contributed by atoms with Crippen molar-refractivity contribution < 1.29 is 19.1 Å².